The zero-order chi connectivity index (χ0) is 19.0. The number of carbonyl (C=O) groups is 1. The van der Waals surface area contributed by atoms with Crippen LogP contribution in [0.5, 0.6) is 0 Å². The molecule has 0 aliphatic heterocycles. The van der Waals surface area contributed by atoms with Crippen LogP contribution in [0.1, 0.15) is 46.7 Å². The molecule has 4 rings (SSSR count). The van der Waals surface area contributed by atoms with Gasteiger partial charge in [-0.3, -0.25) is 9.52 Å². The van der Waals surface area contributed by atoms with Gasteiger partial charge >= 0.3 is 0 Å². The van der Waals surface area contributed by atoms with E-state index in [9.17, 15) is 13.2 Å². The third-order valence-corrected chi connectivity index (χ3v) is 7.06. The van der Waals surface area contributed by atoms with E-state index in [0.29, 0.717) is 24.1 Å². The van der Waals surface area contributed by atoms with E-state index in [2.05, 4.69) is 9.71 Å². The largest absolute Gasteiger partial charge is 0.283 e. The van der Waals surface area contributed by atoms with Crippen molar-refractivity contribution in [1.29, 1.82) is 0 Å². The predicted molar refractivity (Wildman–Crippen MR) is 107 cm³/mol. The lowest BCUT2D eigenvalue weighted by molar-refractivity contribution is 0.100. The maximum absolute atomic E-state index is 12.3. The average Bonchev–Trinajstić information content (AvgIpc) is 3.43. The maximum atomic E-state index is 12.3. The number of hydrogen-bond donors (Lipinski definition) is 1. The number of amides is 1. The number of aryl methyl sites for hydroxylation is 1. The van der Waals surface area contributed by atoms with E-state index in [-0.39, 0.29) is 17.1 Å². The molecule has 1 saturated carbocycles. The molecule has 1 unspecified atom stereocenters. The van der Waals surface area contributed by atoms with E-state index in [4.69, 9.17) is 11.6 Å². The quantitative estimate of drug-likeness (QED) is 0.762. The molecule has 2 aromatic rings. The van der Waals surface area contributed by atoms with Crippen LogP contribution < -0.4 is 4.72 Å². The second kappa shape index (κ2) is 7.09. The molecule has 27 heavy (non-hydrogen) atoms. The van der Waals surface area contributed by atoms with Crippen LogP contribution in [0, 0.1) is 0 Å². The number of rotatable bonds is 5. The van der Waals surface area contributed by atoms with Gasteiger partial charge in [0.25, 0.3) is 5.91 Å². The summed E-state index contributed by atoms with van der Waals surface area (Å²) in [6.45, 7) is 0. The third kappa shape index (κ3) is 4.06. The van der Waals surface area contributed by atoms with Crippen molar-refractivity contribution in [2.75, 3.05) is 4.72 Å². The Morgan fingerprint density at radius 1 is 1.11 bits per heavy atom. The number of benzene rings is 2. The van der Waals surface area contributed by atoms with Crippen molar-refractivity contribution in [3.05, 3.63) is 64.2 Å². The molecule has 1 amide bonds. The highest BCUT2D eigenvalue weighted by molar-refractivity contribution is 7.93. The minimum Gasteiger partial charge on any atom is -0.283 e. The summed E-state index contributed by atoms with van der Waals surface area (Å²) in [6.07, 6.45) is 4.95. The normalized spacial score (nSPS) is 19.2. The van der Waals surface area contributed by atoms with Crippen LogP contribution >= 0.6 is 11.6 Å². The maximum Gasteiger partial charge on any atom is 0.276 e. The number of fused-ring (bicyclic) bond motifs is 1. The van der Waals surface area contributed by atoms with E-state index in [1.54, 1.807) is 30.5 Å². The first-order chi connectivity index (χ1) is 12.9. The second-order valence-electron chi connectivity index (χ2n) is 7.00. The van der Waals surface area contributed by atoms with Crippen LogP contribution in [-0.4, -0.2) is 25.8 Å². The summed E-state index contributed by atoms with van der Waals surface area (Å²) in [7, 11) is -3.30. The van der Waals surface area contributed by atoms with Crippen LogP contribution in [-0.2, 0) is 16.4 Å². The second-order valence-corrected chi connectivity index (χ2v) is 9.39. The molecule has 1 N–H and O–H groups in total. The standard InChI is InChI=1S/C20H19ClN2O3S/c21-16-5-10-19-14(11-16)1-2-15(19)12-22-20(24)13-3-6-17(7-4-13)23-27(25,26)18-8-9-18/h3-7,10-12,15,18,23H,1-2,8-9H2. The van der Waals surface area contributed by atoms with Crippen molar-refractivity contribution >= 4 is 39.4 Å². The summed E-state index contributed by atoms with van der Waals surface area (Å²) in [6, 6.07) is 12.2. The molecule has 0 radical (unpaired) electrons. The summed E-state index contributed by atoms with van der Waals surface area (Å²) in [5.74, 6) is -0.222. The molecule has 0 aromatic heterocycles. The predicted octanol–water partition coefficient (Wildman–Crippen LogP) is 4.19. The molecular weight excluding hydrogens is 384 g/mol. The molecule has 2 aromatic carbocycles. The van der Waals surface area contributed by atoms with Crippen LogP contribution in [0.25, 0.3) is 0 Å². The van der Waals surface area contributed by atoms with Crippen molar-refractivity contribution < 1.29 is 13.2 Å². The Hall–Kier alpha value is -2.18. The summed E-state index contributed by atoms with van der Waals surface area (Å²) >= 11 is 6.02. The topological polar surface area (TPSA) is 75.6 Å². The SMILES string of the molecule is O=C(N=CC1CCc2cc(Cl)ccc21)c1ccc(NS(=O)(=O)C2CC2)cc1. The third-order valence-electron chi connectivity index (χ3n) is 4.96. The van der Waals surface area contributed by atoms with Gasteiger partial charge in [0.2, 0.25) is 10.0 Å². The van der Waals surface area contributed by atoms with Gasteiger partial charge in [-0.1, -0.05) is 17.7 Å². The van der Waals surface area contributed by atoms with Gasteiger partial charge in [-0.25, -0.2) is 13.4 Å². The number of nitrogens with zero attached hydrogens (tertiary/aromatic N) is 1. The van der Waals surface area contributed by atoms with Gasteiger partial charge in [0.15, 0.2) is 0 Å². The van der Waals surface area contributed by atoms with Crippen LogP contribution in [0.4, 0.5) is 5.69 Å². The molecule has 2 aliphatic carbocycles. The van der Waals surface area contributed by atoms with Crippen LogP contribution in [0.3, 0.4) is 0 Å². The monoisotopic (exact) mass is 402 g/mol. The number of aliphatic imine (C=N–C) groups is 1. The smallest absolute Gasteiger partial charge is 0.276 e. The molecule has 2 aliphatic rings. The van der Waals surface area contributed by atoms with E-state index < -0.39 is 10.0 Å². The van der Waals surface area contributed by atoms with Gasteiger partial charge < -0.3 is 0 Å². The fourth-order valence-corrected chi connectivity index (χ4v) is 4.90. The number of nitrogens with one attached hydrogen (secondary N) is 1. The highest BCUT2D eigenvalue weighted by Gasteiger charge is 2.35. The molecular formula is C20H19ClN2O3S. The van der Waals surface area contributed by atoms with E-state index >= 15 is 0 Å². The Morgan fingerprint density at radius 3 is 2.56 bits per heavy atom. The number of carbonyl (C=O) groups excluding carboxylic acids is 1. The zero-order valence-corrected chi connectivity index (χ0v) is 16.1. The zero-order valence-electron chi connectivity index (χ0n) is 14.6. The first-order valence-electron chi connectivity index (χ1n) is 8.91. The van der Waals surface area contributed by atoms with Crippen molar-refractivity contribution in [1.82, 2.24) is 0 Å². The molecule has 0 heterocycles. The van der Waals surface area contributed by atoms with Gasteiger partial charge in [-0.05, 0) is 73.2 Å². The molecule has 140 valence electrons. The van der Waals surface area contributed by atoms with Gasteiger partial charge in [0.1, 0.15) is 0 Å². The highest BCUT2D eigenvalue weighted by Crippen LogP contribution is 2.33. The highest BCUT2D eigenvalue weighted by atomic mass is 35.5. The van der Waals surface area contributed by atoms with Gasteiger partial charge in [-0.15, -0.1) is 0 Å². The number of halogens is 1. The Balaban J connectivity index is 1.42. The fourth-order valence-electron chi connectivity index (χ4n) is 3.31. The fraction of sp³-hybridized carbons (Fsp3) is 0.300. The van der Waals surface area contributed by atoms with Gasteiger partial charge in [-0.2, -0.15) is 0 Å². The van der Waals surface area contributed by atoms with Crippen molar-refractivity contribution in [2.24, 2.45) is 4.99 Å². The summed E-state index contributed by atoms with van der Waals surface area (Å²) in [5, 5.41) is 0.437. The lowest BCUT2D eigenvalue weighted by atomic mass is 10.0. The van der Waals surface area contributed by atoms with E-state index in [1.807, 2.05) is 18.2 Å². The van der Waals surface area contributed by atoms with E-state index in [0.717, 1.165) is 17.9 Å². The molecule has 7 heteroatoms. The first-order valence-corrected chi connectivity index (χ1v) is 10.8. The Labute approximate surface area is 163 Å². The van der Waals surface area contributed by atoms with Crippen molar-refractivity contribution in [2.45, 2.75) is 36.9 Å². The summed E-state index contributed by atoms with van der Waals surface area (Å²) in [5.41, 5.74) is 3.26. The Kier molecular flexibility index (Phi) is 4.78. The number of hydrogen-bond acceptors (Lipinski definition) is 3. The summed E-state index contributed by atoms with van der Waals surface area (Å²) in [4.78, 5) is 16.4. The molecule has 0 spiro atoms. The van der Waals surface area contributed by atoms with Crippen molar-refractivity contribution in [3.8, 4) is 0 Å². The molecule has 1 atom stereocenters. The minimum atomic E-state index is -3.30. The minimum absolute atomic E-state index is 0.117. The Morgan fingerprint density at radius 2 is 1.85 bits per heavy atom. The van der Waals surface area contributed by atoms with Gasteiger partial charge in [0.05, 0.1) is 5.25 Å². The van der Waals surface area contributed by atoms with E-state index in [1.165, 1.54) is 11.1 Å². The molecule has 5 nitrogen and oxygen atoms in total. The average molecular weight is 403 g/mol. The van der Waals surface area contributed by atoms with Gasteiger partial charge in [0, 0.05) is 28.4 Å². The van der Waals surface area contributed by atoms with Crippen molar-refractivity contribution in [3.63, 3.8) is 0 Å². The lowest BCUT2D eigenvalue weighted by Gasteiger charge is -2.07. The Bertz CT molecular complexity index is 1010. The molecule has 0 saturated heterocycles. The molecule has 1 fully saturated rings. The molecule has 0 bridgehead atoms. The summed E-state index contributed by atoms with van der Waals surface area (Å²) < 4.78 is 26.4. The first kappa shape index (κ1) is 18.2. The van der Waals surface area contributed by atoms with Crippen LogP contribution in [0.15, 0.2) is 47.5 Å². The number of sulfonamides is 1. The number of anilines is 1. The van der Waals surface area contributed by atoms with Crippen LogP contribution in [0.2, 0.25) is 5.02 Å². The lowest BCUT2D eigenvalue weighted by Crippen LogP contribution is -2.17.